The van der Waals surface area contributed by atoms with Crippen molar-refractivity contribution in [2.75, 3.05) is 31.9 Å². The average Bonchev–Trinajstić information content (AvgIpc) is 3.13. The maximum absolute atomic E-state index is 12.3. The molecule has 1 aromatic rings. The number of carbonyl (C=O) groups is 1. The van der Waals surface area contributed by atoms with Crippen molar-refractivity contribution >= 4 is 45.7 Å². The molecule has 0 aliphatic carbocycles. The van der Waals surface area contributed by atoms with Gasteiger partial charge in [0, 0.05) is 38.1 Å². The van der Waals surface area contributed by atoms with Gasteiger partial charge in [0.05, 0.1) is 10.6 Å². The number of carbonyl (C=O) groups excluding carboxylic acids is 1. The van der Waals surface area contributed by atoms with E-state index < -0.39 is 9.84 Å². The molecular formula is C20H33IN4O3S. The molecule has 0 spiro atoms. The number of nitrogens with one attached hydrogen (secondary N) is 2. The minimum Gasteiger partial charge on any atom is -0.357 e. The molecule has 0 bridgehead atoms. The third-order valence-electron chi connectivity index (χ3n) is 4.62. The quantitative estimate of drug-likeness (QED) is 0.230. The van der Waals surface area contributed by atoms with E-state index in [1.165, 1.54) is 0 Å². The monoisotopic (exact) mass is 536 g/mol. The molecule has 2 rings (SSSR count). The zero-order valence-corrected chi connectivity index (χ0v) is 20.6. The Morgan fingerprint density at radius 3 is 2.59 bits per heavy atom. The fraction of sp³-hybridized carbons (Fsp3) is 0.600. The fourth-order valence-corrected chi connectivity index (χ4v) is 4.46. The molecule has 1 aliphatic heterocycles. The SMILES string of the molecule is CCNC(=NCCCS(=O)(=O)c1ccccc1)NC1CCN(C(=O)C(C)C)C1.I. The summed E-state index contributed by atoms with van der Waals surface area (Å²) in [5.74, 6) is 0.924. The van der Waals surface area contributed by atoms with Crippen molar-refractivity contribution in [2.24, 2.45) is 10.9 Å². The van der Waals surface area contributed by atoms with E-state index in [1.807, 2.05) is 25.7 Å². The van der Waals surface area contributed by atoms with Gasteiger partial charge in [-0.25, -0.2) is 8.42 Å². The second-order valence-corrected chi connectivity index (χ2v) is 9.42. The summed E-state index contributed by atoms with van der Waals surface area (Å²) in [6.07, 6.45) is 1.34. The Kier molecular flexibility index (Phi) is 10.9. The molecule has 1 amide bonds. The molecule has 1 aromatic carbocycles. The van der Waals surface area contributed by atoms with Crippen LogP contribution in [0.5, 0.6) is 0 Å². The van der Waals surface area contributed by atoms with E-state index in [-0.39, 0.29) is 47.6 Å². The van der Waals surface area contributed by atoms with Gasteiger partial charge in [0.25, 0.3) is 0 Å². The van der Waals surface area contributed by atoms with Crippen LogP contribution in [0, 0.1) is 5.92 Å². The van der Waals surface area contributed by atoms with E-state index in [4.69, 9.17) is 0 Å². The standard InChI is InChI=1S/C20H32N4O3S.HI/c1-4-21-20(23-17-11-13-24(15-17)19(25)16(2)3)22-12-8-14-28(26,27)18-9-6-5-7-10-18;/h5-7,9-10,16-17H,4,8,11-15H2,1-3H3,(H2,21,22,23);1H. The highest BCUT2D eigenvalue weighted by molar-refractivity contribution is 14.0. The molecule has 164 valence electrons. The maximum atomic E-state index is 12.3. The van der Waals surface area contributed by atoms with Crippen molar-refractivity contribution in [3.8, 4) is 0 Å². The number of guanidine groups is 1. The number of nitrogens with zero attached hydrogens (tertiary/aromatic N) is 2. The number of amides is 1. The van der Waals surface area contributed by atoms with Crippen LogP contribution in [0.25, 0.3) is 0 Å². The number of rotatable bonds is 8. The number of hydrogen-bond acceptors (Lipinski definition) is 4. The molecule has 1 atom stereocenters. The Morgan fingerprint density at radius 1 is 1.28 bits per heavy atom. The molecule has 7 nitrogen and oxygen atoms in total. The Bertz CT molecular complexity index is 769. The van der Waals surface area contributed by atoms with Crippen molar-refractivity contribution in [3.63, 3.8) is 0 Å². The average molecular weight is 536 g/mol. The van der Waals surface area contributed by atoms with Gasteiger partial charge in [-0.05, 0) is 31.9 Å². The molecule has 2 N–H and O–H groups in total. The lowest BCUT2D eigenvalue weighted by Gasteiger charge is -2.20. The molecule has 1 aliphatic rings. The van der Waals surface area contributed by atoms with Gasteiger partial charge in [0.1, 0.15) is 0 Å². The molecule has 0 aromatic heterocycles. The van der Waals surface area contributed by atoms with Gasteiger partial charge < -0.3 is 15.5 Å². The van der Waals surface area contributed by atoms with Crippen LogP contribution in [0.15, 0.2) is 40.2 Å². The summed E-state index contributed by atoms with van der Waals surface area (Å²) in [5, 5.41) is 6.56. The van der Waals surface area contributed by atoms with Crippen molar-refractivity contribution in [1.29, 1.82) is 0 Å². The number of hydrogen-bond donors (Lipinski definition) is 2. The lowest BCUT2D eigenvalue weighted by atomic mass is 10.2. The van der Waals surface area contributed by atoms with E-state index >= 15 is 0 Å². The summed E-state index contributed by atoms with van der Waals surface area (Å²) >= 11 is 0. The topological polar surface area (TPSA) is 90.9 Å². The number of halogens is 1. The van der Waals surface area contributed by atoms with E-state index in [2.05, 4.69) is 15.6 Å². The lowest BCUT2D eigenvalue weighted by molar-refractivity contribution is -0.133. The highest BCUT2D eigenvalue weighted by Crippen LogP contribution is 2.13. The van der Waals surface area contributed by atoms with Crippen molar-refractivity contribution < 1.29 is 13.2 Å². The van der Waals surface area contributed by atoms with Crippen LogP contribution >= 0.6 is 24.0 Å². The molecule has 0 saturated carbocycles. The van der Waals surface area contributed by atoms with Gasteiger partial charge in [-0.3, -0.25) is 9.79 Å². The molecule has 1 unspecified atom stereocenters. The van der Waals surface area contributed by atoms with E-state index in [1.54, 1.807) is 30.3 Å². The Hall–Kier alpha value is -1.36. The molecule has 29 heavy (non-hydrogen) atoms. The van der Waals surface area contributed by atoms with Crippen LogP contribution in [0.1, 0.15) is 33.6 Å². The summed E-state index contributed by atoms with van der Waals surface area (Å²) in [5.41, 5.74) is 0. The van der Waals surface area contributed by atoms with Crippen molar-refractivity contribution in [1.82, 2.24) is 15.5 Å². The third kappa shape index (κ3) is 8.12. The molecule has 9 heteroatoms. The first-order valence-electron chi connectivity index (χ1n) is 9.95. The molecule has 1 heterocycles. The smallest absolute Gasteiger partial charge is 0.225 e. The van der Waals surface area contributed by atoms with E-state index in [0.29, 0.717) is 30.4 Å². The van der Waals surface area contributed by atoms with Gasteiger partial charge >= 0.3 is 0 Å². The highest BCUT2D eigenvalue weighted by atomic mass is 127. The summed E-state index contributed by atoms with van der Waals surface area (Å²) in [7, 11) is -3.27. The van der Waals surface area contributed by atoms with Crippen LogP contribution in [0.4, 0.5) is 0 Å². The Morgan fingerprint density at radius 2 is 1.97 bits per heavy atom. The third-order valence-corrected chi connectivity index (χ3v) is 6.44. The van der Waals surface area contributed by atoms with E-state index in [9.17, 15) is 13.2 Å². The first-order chi connectivity index (χ1) is 13.3. The minimum atomic E-state index is -3.27. The summed E-state index contributed by atoms with van der Waals surface area (Å²) in [6, 6.07) is 8.66. The van der Waals surface area contributed by atoms with Crippen LogP contribution in [0.2, 0.25) is 0 Å². The maximum Gasteiger partial charge on any atom is 0.225 e. The van der Waals surface area contributed by atoms with Crippen LogP contribution in [-0.2, 0) is 14.6 Å². The molecule has 0 radical (unpaired) electrons. The molecular weight excluding hydrogens is 503 g/mol. The first-order valence-corrected chi connectivity index (χ1v) is 11.6. The Balaban J connectivity index is 0.00000420. The van der Waals surface area contributed by atoms with Gasteiger partial charge in [-0.1, -0.05) is 32.0 Å². The molecule has 1 fully saturated rings. The van der Waals surface area contributed by atoms with Gasteiger partial charge in [0.15, 0.2) is 15.8 Å². The zero-order chi connectivity index (χ0) is 20.6. The first kappa shape index (κ1) is 25.7. The van der Waals surface area contributed by atoms with Crippen LogP contribution in [-0.4, -0.2) is 63.2 Å². The fourth-order valence-electron chi connectivity index (χ4n) is 3.15. The number of sulfone groups is 1. The van der Waals surface area contributed by atoms with Crippen LogP contribution in [0.3, 0.4) is 0 Å². The predicted octanol–water partition coefficient (Wildman–Crippen LogP) is 2.28. The normalized spacial score (nSPS) is 17.2. The second-order valence-electron chi connectivity index (χ2n) is 7.32. The van der Waals surface area contributed by atoms with Crippen molar-refractivity contribution in [2.45, 2.75) is 44.6 Å². The van der Waals surface area contributed by atoms with Crippen LogP contribution < -0.4 is 10.6 Å². The summed E-state index contributed by atoms with van der Waals surface area (Å²) < 4.78 is 24.6. The minimum absolute atomic E-state index is 0. The van der Waals surface area contributed by atoms with Gasteiger partial charge in [-0.15, -0.1) is 24.0 Å². The predicted molar refractivity (Wildman–Crippen MR) is 127 cm³/mol. The highest BCUT2D eigenvalue weighted by Gasteiger charge is 2.27. The second kappa shape index (κ2) is 12.4. The van der Waals surface area contributed by atoms with Gasteiger partial charge in [0.2, 0.25) is 5.91 Å². The zero-order valence-electron chi connectivity index (χ0n) is 17.4. The molecule has 1 saturated heterocycles. The number of benzene rings is 1. The summed E-state index contributed by atoms with van der Waals surface area (Å²) in [4.78, 5) is 18.9. The Labute approximate surface area is 191 Å². The van der Waals surface area contributed by atoms with E-state index in [0.717, 1.165) is 19.5 Å². The lowest BCUT2D eigenvalue weighted by Crippen LogP contribution is -2.45. The largest absolute Gasteiger partial charge is 0.357 e. The van der Waals surface area contributed by atoms with Gasteiger partial charge in [-0.2, -0.15) is 0 Å². The number of likely N-dealkylation sites (tertiary alicyclic amines) is 1. The van der Waals surface area contributed by atoms with Crippen molar-refractivity contribution in [3.05, 3.63) is 30.3 Å². The summed E-state index contributed by atoms with van der Waals surface area (Å²) in [6.45, 7) is 8.38. The number of aliphatic imine (C=N–C) groups is 1.